The number of carbonyl (C=O) groups excluding carboxylic acids is 1. The van der Waals surface area contributed by atoms with Crippen LogP contribution in [-0.4, -0.2) is 31.7 Å². The molecule has 5 nitrogen and oxygen atoms in total. The summed E-state index contributed by atoms with van der Waals surface area (Å²) in [6.45, 7) is 3.07. The molecule has 140 valence electrons. The summed E-state index contributed by atoms with van der Waals surface area (Å²) < 4.78 is 10.9. The summed E-state index contributed by atoms with van der Waals surface area (Å²) >= 11 is 0. The van der Waals surface area contributed by atoms with Gasteiger partial charge in [0, 0.05) is 25.0 Å². The monoisotopic (exact) mass is 368 g/mol. The number of hydrogen-bond donors (Lipinski definition) is 2. The summed E-state index contributed by atoms with van der Waals surface area (Å²) in [5, 5.41) is 6.67. The molecule has 3 rings (SSSR count). The molecule has 2 N–H and O–H groups in total. The predicted molar refractivity (Wildman–Crippen MR) is 101 cm³/mol. The molecule has 0 radical (unpaired) electrons. The Morgan fingerprint density at radius 2 is 1.96 bits per heavy atom. The molecule has 1 aromatic carbocycles. The predicted octanol–water partition coefficient (Wildman–Crippen LogP) is 3.05. The highest BCUT2D eigenvalue weighted by molar-refractivity contribution is 5.85. The average Bonchev–Trinajstić information content (AvgIpc) is 2.92. The quantitative estimate of drug-likeness (QED) is 0.776. The van der Waals surface area contributed by atoms with Crippen molar-refractivity contribution in [3.05, 3.63) is 23.8 Å². The summed E-state index contributed by atoms with van der Waals surface area (Å²) in [5.74, 6) is 2.12. The highest BCUT2D eigenvalue weighted by Gasteiger charge is 2.34. The lowest BCUT2D eigenvalue weighted by atomic mass is 9.89. The Morgan fingerprint density at radius 3 is 2.60 bits per heavy atom. The van der Waals surface area contributed by atoms with Crippen LogP contribution < -0.4 is 20.1 Å². The Bertz CT molecular complexity index is 570. The van der Waals surface area contributed by atoms with Crippen LogP contribution in [-0.2, 0) is 11.3 Å². The zero-order valence-corrected chi connectivity index (χ0v) is 15.9. The molecule has 2 heterocycles. The van der Waals surface area contributed by atoms with E-state index in [4.69, 9.17) is 9.47 Å². The topological polar surface area (TPSA) is 59.6 Å². The molecule has 0 aromatic heterocycles. The fraction of sp³-hybridized carbons (Fsp3) is 0.632. The molecule has 2 atom stereocenters. The molecule has 25 heavy (non-hydrogen) atoms. The first-order valence-electron chi connectivity index (χ1n) is 9.00. The van der Waals surface area contributed by atoms with E-state index in [0.29, 0.717) is 43.3 Å². The first-order chi connectivity index (χ1) is 11.7. The van der Waals surface area contributed by atoms with Gasteiger partial charge in [-0.3, -0.25) is 4.79 Å². The molecule has 0 aliphatic carbocycles. The first-order valence-corrected chi connectivity index (χ1v) is 9.00. The highest BCUT2D eigenvalue weighted by atomic mass is 35.5. The van der Waals surface area contributed by atoms with Gasteiger partial charge in [-0.05, 0) is 56.2 Å². The molecule has 1 amide bonds. The number of rotatable bonds is 7. The number of benzene rings is 1. The lowest BCUT2D eigenvalue weighted by molar-refractivity contribution is -0.122. The maximum Gasteiger partial charge on any atom is 0.220 e. The Morgan fingerprint density at radius 1 is 1.24 bits per heavy atom. The van der Waals surface area contributed by atoms with Crippen LogP contribution in [0.2, 0.25) is 0 Å². The molecule has 2 aliphatic heterocycles. The fourth-order valence-electron chi connectivity index (χ4n) is 3.97. The van der Waals surface area contributed by atoms with Crippen molar-refractivity contribution in [3.8, 4) is 11.5 Å². The van der Waals surface area contributed by atoms with Crippen molar-refractivity contribution < 1.29 is 14.3 Å². The number of fused-ring (bicyclic) bond motifs is 2. The van der Waals surface area contributed by atoms with Gasteiger partial charge in [-0.15, -0.1) is 12.4 Å². The van der Waals surface area contributed by atoms with Gasteiger partial charge in [0.05, 0.1) is 13.7 Å². The van der Waals surface area contributed by atoms with Crippen LogP contribution in [0.4, 0.5) is 0 Å². The van der Waals surface area contributed by atoms with Gasteiger partial charge in [-0.25, -0.2) is 0 Å². The standard InChI is InChI=1S/C19H28N2O3.ClH/c1-3-24-17-7-4-13(10-18(17)23-2)12-20-19(22)11-14-8-15-5-6-16(9-14)21-15;/h4,7,10,14-16,21H,3,5-6,8-9,11-12H2,1-2H3,(H,20,22);1H. The number of piperidine rings is 1. The largest absolute Gasteiger partial charge is 0.493 e. The fourth-order valence-corrected chi connectivity index (χ4v) is 3.97. The van der Waals surface area contributed by atoms with Gasteiger partial charge < -0.3 is 20.1 Å². The van der Waals surface area contributed by atoms with Crippen LogP contribution in [0, 0.1) is 5.92 Å². The third kappa shape index (κ3) is 5.25. The number of ether oxygens (including phenoxy) is 2. The summed E-state index contributed by atoms with van der Waals surface area (Å²) in [6, 6.07) is 7.07. The van der Waals surface area contributed by atoms with Crippen molar-refractivity contribution in [1.29, 1.82) is 0 Å². The SMILES string of the molecule is CCOc1ccc(CNC(=O)CC2CC3CCC(C2)N3)cc1OC.Cl. The van der Waals surface area contributed by atoms with E-state index in [0.717, 1.165) is 24.2 Å². The van der Waals surface area contributed by atoms with E-state index in [9.17, 15) is 4.79 Å². The highest BCUT2D eigenvalue weighted by Crippen LogP contribution is 2.32. The van der Waals surface area contributed by atoms with Crippen molar-refractivity contribution in [3.63, 3.8) is 0 Å². The molecule has 0 spiro atoms. The summed E-state index contributed by atoms with van der Waals surface area (Å²) in [5.41, 5.74) is 1.02. The maximum atomic E-state index is 12.3. The Kier molecular flexibility index (Phi) is 7.38. The lowest BCUT2D eigenvalue weighted by Crippen LogP contribution is -2.39. The molecule has 0 saturated carbocycles. The van der Waals surface area contributed by atoms with Crippen molar-refractivity contribution in [2.45, 2.75) is 57.7 Å². The minimum absolute atomic E-state index is 0. The van der Waals surface area contributed by atoms with Gasteiger partial charge in [-0.2, -0.15) is 0 Å². The smallest absolute Gasteiger partial charge is 0.220 e. The number of halogens is 1. The Balaban J connectivity index is 0.00000225. The van der Waals surface area contributed by atoms with Gasteiger partial charge in [0.25, 0.3) is 0 Å². The van der Waals surface area contributed by atoms with Crippen LogP contribution >= 0.6 is 12.4 Å². The second-order valence-electron chi connectivity index (χ2n) is 6.87. The number of carbonyl (C=O) groups is 1. The molecule has 2 unspecified atom stereocenters. The van der Waals surface area contributed by atoms with Crippen LogP contribution in [0.5, 0.6) is 11.5 Å². The van der Waals surface area contributed by atoms with Gasteiger partial charge in [0.1, 0.15) is 0 Å². The van der Waals surface area contributed by atoms with E-state index < -0.39 is 0 Å². The third-order valence-electron chi connectivity index (χ3n) is 5.06. The number of hydrogen-bond acceptors (Lipinski definition) is 4. The van der Waals surface area contributed by atoms with E-state index >= 15 is 0 Å². The molecular weight excluding hydrogens is 340 g/mol. The Hall–Kier alpha value is -1.46. The van der Waals surface area contributed by atoms with Crippen molar-refractivity contribution in [1.82, 2.24) is 10.6 Å². The zero-order chi connectivity index (χ0) is 16.9. The summed E-state index contributed by atoms with van der Waals surface area (Å²) in [7, 11) is 1.63. The zero-order valence-electron chi connectivity index (χ0n) is 15.0. The summed E-state index contributed by atoms with van der Waals surface area (Å²) in [4.78, 5) is 12.3. The normalized spacial score (nSPS) is 24.3. The molecular formula is C19H29ClN2O3. The van der Waals surface area contributed by atoms with Gasteiger partial charge in [-0.1, -0.05) is 6.07 Å². The third-order valence-corrected chi connectivity index (χ3v) is 5.06. The maximum absolute atomic E-state index is 12.3. The van der Waals surface area contributed by atoms with E-state index in [2.05, 4.69) is 10.6 Å². The van der Waals surface area contributed by atoms with Crippen LogP contribution in [0.15, 0.2) is 18.2 Å². The van der Waals surface area contributed by atoms with Crippen molar-refractivity contribution in [2.24, 2.45) is 5.92 Å². The molecule has 2 aliphatic rings. The van der Waals surface area contributed by atoms with E-state index in [-0.39, 0.29) is 18.3 Å². The Labute approximate surface area is 156 Å². The van der Waals surface area contributed by atoms with E-state index in [1.807, 2.05) is 25.1 Å². The van der Waals surface area contributed by atoms with Gasteiger partial charge >= 0.3 is 0 Å². The van der Waals surface area contributed by atoms with Crippen LogP contribution in [0.1, 0.15) is 44.6 Å². The molecule has 1 aromatic rings. The van der Waals surface area contributed by atoms with Crippen molar-refractivity contribution >= 4 is 18.3 Å². The molecule has 6 heteroatoms. The first kappa shape index (κ1) is 19.9. The number of nitrogens with one attached hydrogen (secondary N) is 2. The molecule has 2 saturated heterocycles. The van der Waals surface area contributed by atoms with Crippen LogP contribution in [0.25, 0.3) is 0 Å². The molecule has 2 bridgehead atoms. The van der Waals surface area contributed by atoms with Gasteiger partial charge in [0.15, 0.2) is 11.5 Å². The number of amides is 1. The summed E-state index contributed by atoms with van der Waals surface area (Å²) in [6.07, 6.45) is 5.47. The average molecular weight is 369 g/mol. The number of methoxy groups -OCH3 is 1. The minimum Gasteiger partial charge on any atom is -0.493 e. The second kappa shape index (κ2) is 9.30. The second-order valence-corrected chi connectivity index (χ2v) is 6.87. The lowest BCUT2D eigenvalue weighted by Gasteiger charge is -2.28. The van der Waals surface area contributed by atoms with Gasteiger partial charge in [0.2, 0.25) is 5.91 Å². The minimum atomic E-state index is 0. The van der Waals surface area contributed by atoms with E-state index in [1.165, 1.54) is 12.8 Å². The molecule has 2 fully saturated rings. The van der Waals surface area contributed by atoms with Crippen LogP contribution in [0.3, 0.4) is 0 Å². The van der Waals surface area contributed by atoms with E-state index in [1.54, 1.807) is 7.11 Å². The van der Waals surface area contributed by atoms with Crippen molar-refractivity contribution in [2.75, 3.05) is 13.7 Å².